The Hall–Kier alpha value is -4.13. The van der Waals surface area contributed by atoms with E-state index in [0.29, 0.717) is 35.8 Å². The monoisotopic (exact) mass is 599 g/mol. The number of aryl methyl sites for hydroxylation is 1. The van der Waals surface area contributed by atoms with Crippen LogP contribution in [0.2, 0.25) is 10.0 Å². The van der Waals surface area contributed by atoms with Crippen LogP contribution in [0.3, 0.4) is 0 Å². The molecule has 3 aromatic heterocycles. The van der Waals surface area contributed by atoms with Crippen LogP contribution in [0.15, 0.2) is 41.7 Å². The Balaban J connectivity index is 1.48. The van der Waals surface area contributed by atoms with Gasteiger partial charge < -0.3 is 34.9 Å². The van der Waals surface area contributed by atoms with E-state index >= 15 is 0 Å². The Bertz CT molecular complexity index is 1730. The zero-order valence-corrected chi connectivity index (χ0v) is 23.7. The van der Waals surface area contributed by atoms with Crippen LogP contribution in [-0.2, 0) is 23.1 Å². The van der Waals surface area contributed by atoms with Gasteiger partial charge in [0, 0.05) is 51.2 Å². The number of aromatic hydroxyl groups is 1. The topological polar surface area (TPSA) is 158 Å². The maximum atomic E-state index is 13.2. The fraction of sp³-hybridized carbons (Fsp3) is 0.296. The molecule has 41 heavy (non-hydrogen) atoms. The van der Waals surface area contributed by atoms with Crippen molar-refractivity contribution in [1.29, 1.82) is 0 Å². The summed E-state index contributed by atoms with van der Waals surface area (Å²) in [6, 6.07) is 4.71. The molecule has 0 atom stereocenters. The predicted molar refractivity (Wildman–Crippen MR) is 156 cm³/mol. The van der Waals surface area contributed by atoms with Crippen LogP contribution in [-0.4, -0.2) is 62.3 Å². The van der Waals surface area contributed by atoms with Crippen molar-refractivity contribution < 1.29 is 19.4 Å². The molecule has 0 aliphatic carbocycles. The van der Waals surface area contributed by atoms with E-state index in [9.17, 15) is 19.5 Å². The summed E-state index contributed by atoms with van der Waals surface area (Å²) in [5.74, 6) is -1.13. The van der Waals surface area contributed by atoms with Crippen molar-refractivity contribution in [3.63, 3.8) is 0 Å². The molecular formula is C27H27Cl2N7O5. The highest BCUT2D eigenvalue weighted by Gasteiger charge is 2.23. The fourth-order valence-corrected chi connectivity index (χ4v) is 5.24. The third-order valence-electron chi connectivity index (χ3n) is 7.11. The lowest BCUT2D eigenvalue weighted by molar-refractivity contribution is -0.116. The smallest absolute Gasteiger partial charge is 0.263 e. The number of carbonyl (C=O) groups is 2. The molecule has 214 valence electrons. The average molecular weight is 600 g/mol. The lowest BCUT2D eigenvalue weighted by Crippen LogP contribution is -2.37. The van der Waals surface area contributed by atoms with Crippen molar-refractivity contribution in [1.82, 2.24) is 19.1 Å². The van der Waals surface area contributed by atoms with Gasteiger partial charge in [-0.25, -0.2) is 9.97 Å². The zero-order valence-electron chi connectivity index (χ0n) is 22.2. The summed E-state index contributed by atoms with van der Waals surface area (Å²) in [6.45, 7) is 1.14. The number of fused-ring (bicyclic) bond motifs is 1. The van der Waals surface area contributed by atoms with E-state index in [-0.39, 0.29) is 44.8 Å². The van der Waals surface area contributed by atoms with E-state index in [1.54, 1.807) is 19.3 Å². The van der Waals surface area contributed by atoms with E-state index in [1.807, 2.05) is 11.9 Å². The number of rotatable bonds is 7. The Morgan fingerprint density at radius 2 is 1.93 bits per heavy atom. The van der Waals surface area contributed by atoms with Gasteiger partial charge in [0.25, 0.3) is 11.5 Å². The summed E-state index contributed by atoms with van der Waals surface area (Å²) in [6.07, 6.45) is 6.13. The predicted octanol–water partition coefficient (Wildman–Crippen LogP) is 3.16. The second-order valence-corrected chi connectivity index (χ2v) is 10.6. The van der Waals surface area contributed by atoms with Gasteiger partial charge in [0.15, 0.2) is 0 Å². The van der Waals surface area contributed by atoms with Gasteiger partial charge in [0.1, 0.15) is 23.8 Å². The standard InChI is InChI=1S/C27H27Cl2N7O5/c1-34-13-32-26-23(27(34)40)17(14-7-16(25(30)39)24(38)18(28)8-14)11-36(26)12-22(37)33-20-9-21(31-10-19(20)29)35(2)15-3-5-41-6-4-15/h7-11,13,15,38H,3-6,12H2,1-2H3,(H2,30,39)(H,31,33,37). The molecule has 0 bridgehead atoms. The number of hydrogen-bond donors (Lipinski definition) is 3. The number of anilines is 2. The molecule has 1 aliphatic rings. The van der Waals surface area contributed by atoms with Gasteiger partial charge in [-0.1, -0.05) is 23.2 Å². The van der Waals surface area contributed by atoms with Crippen molar-refractivity contribution in [2.24, 2.45) is 12.8 Å². The molecule has 0 saturated carbocycles. The summed E-state index contributed by atoms with van der Waals surface area (Å²) in [7, 11) is 3.48. The largest absolute Gasteiger partial charge is 0.506 e. The quantitative estimate of drug-likeness (QED) is 0.292. The van der Waals surface area contributed by atoms with E-state index in [4.69, 9.17) is 33.7 Å². The zero-order chi connectivity index (χ0) is 29.4. The second-order valence-electron chi connectivity index (χ2n) is 9.77. The molecular weight excluding hydrogens is 573 g/mol. The van der Waals surface area contributed by atoms with Gasteiger partial charge in [-0.3, -0.25) is 14.4 Å². The number of halogens is 2. The molecule has 0 spiro atoms. The Labute approximate surface area is 244 Å². The van der Waals surface area contributed by atoms with Crippen LogP contribution < -0.4 is 21.5 Å². The van der Waals surface area contributed by atoms with Gasteiger partial charge in [0.05, 0.1) is 39.2 Å². The highest BCUT2D eigenvalue weighted by atomic mass is 35.5. The van der Waals surface area contributed by atoms with Gasteiger partial charge >= 0.3 is 0 Å². The molecule has 1 aromatic carbocycles. The van der Waals surface area contributed by atoms with Crippen molar-refractivity contribution in [2.45, 2.75) is 25.4 Å². The van der Waals surface area contributed by atoms with Crippen molar-refractivity contribution in [3.05, 3.63) is 62.9 Å². The molecule has 0 radical (unpaired) electrons. The second kappa shape index (κ2) is 11.4. The van der Waals surface area contributed by atoms with Gasteiger partial charge in [-0.15, -0.1) is 0 Å². The van der Waals surface area contributed by atoms with Crippen LogP contribution in [0.25, 0.3) is 22.2 Å². The number of benzene rings is 1. The number of nitrogens with two attached hydrogens (primary N) is 1. The number of pyridine rings is 1. The summed E-state index contributed by atoms with van der Waals surface area (Å²) in [5, 5.41) is 13.3. The molecule has 1 aliphatic heterocycles. The fourth-order valence-electron chi connectivity index (χ4n) is 4.87. The average Bonchev–Trinajstić information content (AvgIpc) is 3.31. The van der Waals surface area contributed by atoms with E-state index < -0.39 is 17.6 Å². The summed E-state index contributed by atoms with van der Waals surface area (Å²) < 4.78 is 8.25. The number of phenols is 1. The minimum absolute atomic E-state index is 0.121. The van der Waals surface area contributed by atoms with Crippen LogP contribution in [0, 0.1) is 0 Å². The van der Waals surface area contributed by atoms with Crippen LogP contribution in [0.4, 0.5) is 11.5 Å². The molecule has 14 heteroatoms. The van der Waals surface area contributed by atoms with Crippen molar-refractivity contribution in [3.8, 4) is 16.9 Å². The third-order valence-corrected chi connectivity index (χ3v) is 7.70. The molecule has 4 aromatic rings. The minimum Gasteiger partial charge on any atom is -0.506 e. The number of nitrogens with one attached hydrogen (secondary N) is 1. The maximum absolute atomic E-state index is 13.2. The Morgan fingerprint density at radius 3 is 2.63 bits per heavy atom. The normalized spacial score (nSPS) is 13.9. The first-order chi connectivity index (χ1) is 19.5. The molecule has 1 fully saturated rings. The first-order valence-electron chi connectivity index (χ1n) is 12.7. The molecule has 5 rings (SSSR count). The highest BCUT2D eigenvalue weighted by Crippen LogP contribution is 2.36. The van der Waals surface area contributed by atoms with Crippen molar-refractivity contribution >= 4 is 57.6 Å². The first-order valence-corrected chi connectivity index (χ1v) is 13.4. The van der Waals surface area contributed by atoms with Crippen molar-refractivity contribution in [2.75, 3.05) is 30.5 Å². The van der Waals surface area contributed by atoms with Gasteiger partial charge in [-0.2, -0.15) is 0 Å². The maximum Gasteiger partial charge on any atom is 0.263 e. The van der Waals surface area contributed by atoms with Gasteiger partial charge in [0.2, 0.25) is 5.91 Å². The van der Waals surface area contributed by atoms with Crippen LogP contribution in [0.1, 0.15) is 23.2 Å². The SMILES string of the molecule is CN(c1cc(NC(=O)Cn2cc(-c3cc(Cl)c(O)c(C(N)=O)c3)c3c(=O)n(C)cnc32)c(Cl)cn1)C1CCOCC1. The molecule has 1 saturated heterocycles. The lowest BCUT2D eigenvalue weighted by atomic mass is 10.0. The number of primary amides is 1. The number of ether oxygens (including phenoxy) is 1. The van der Waals surface area contributed by atoms with Crippen LogP contribution >= 0.6 is 23.2 Å². The number of carbonyl (C=O) groups excluding carboxylic acids is 2. The van der Waals surface area contributed by atoms with Gasteiger partial charge in [-0.05, 0) is 30.5 Å². The summed E-state index contributed by atoms with van der Waals surface area (Å²) in [5.41, 5.74) is 6.14. The minimum atomic E-state index is -0.892. The number of amides is 2. The highest BCUT2D eigenvalue weighted by molar-refractivity contribution is 6.34. The third kappa shape index (κ3) is 5.58. The first kappa shape index (κ1) is 28.4. The number of hydrogen-bond acceptors (Lipinski definition) is 8. The molecule has 4 heterocycles. The van der Waals surface area contributed by atoms with E-state index in [0.717, 1.165) is 12.8 Å². The van der Waals surface area contributed by atoms with E-state index in [1.165, 1.54) is 33.8 Å². The molecule has 4 N–H and O–H groups in total. The molecule has 0 unspecified atom stereocenters. The molecule has 2 amide bonds. The van der Waals surface area contributed by atoms with E-state index in [2.05, 4.69) is 15.3 Å². The molecule has 12 nitrogen and oxygen atoms in total. The summed E-state index contributed by atoms with van der Waals surface area (Å²) >= 11 is 12.5. The Morgan fingerprint density at radius 1 is 1.20 bits per heavy atom. The lowest BCUT2D eigenvalue weighted by Gasteiger charge is -2.32. The number of nitrogens with zero attached hydrogens (tertiary/aromatic N) is 5. The Kier molecular flexibility index (Phi) is 7.89. The summed E-state index contributed by atoms with van der Waals surface area (Å²) in [4.78, 5) is 49.1. The number of aromatic nitrogens is 4. The van der Waals surface area contributed by atoms with Crippen LogP contribution in [0.5, 0.6) is 5.75 Å².